The van der Waals surface area contributed by atoms with Gasteiger partial charge in [-0.15, -0.1) is 0 Å². The zero-order chi connectivity index (χ0) is 12.6. The average Bonchev–Trinajstić information content (AvgIpc) is 2.27. The first-order valence-electron chi connectivity index (χ1n) is 4.55. The Balaban J connectivity index is 2.99. The van der Waals surface area contributed by atoms with E-state index in [4.69, 9.17) is 21.4 Å². The number of aromatic nitrogens is 2. The van der Waals surface area contributed by atoms with Gasteiger partial charge < -0.3 is 9.84 Å². The number of benzene rings is 1. The Morgan fingerprint density at radius 2 is 2.24 bits per heavy atom. The van der Waals surface area contributed by atoms with Gasteiger partial charge in [0.2, 0.25) is 5.28 Å². The minimum atomic E-state index is -1.49. The summed E-state index contributed by atoms with van der Waals surface area (Å²) in [5.74, 6) is 0.256. The van der Waals surface area contributed by atoms with Gasteiger partial charge in [-0.3, -0.25) is 4.79 Å². The lowest BCUT2D eigenvalue weighted by Crippen LogP contribution is -2.27. The van der Waals surface area contributed by atoms with Gasteiger partial charge in [0, 0.05) is 0 Å². The second-order valence-electron chi connectivity index (χ2n) is 3.16. The van der Waals surface area contributed by atoms with Gasteiger partial charge in [0.1, 0.15) is 11.1 Å². The third kappa shape index (κ3) is 1.72. The molecule has 0 saturated heterocycles. The first-order chi connectivity index (χ1) is 8.06. The lowest BCUT2D eigenvalue weighted by Gasteiger charge is -2.07. The molecular formula is C10H7ClN2O4. The maximum Gasteiger partial charge on any atom is 0.421 e. The summed E-state index contributed by atoms with van der Waals surface area (Å²) in [6, 6.07) is 4.73. The summed E-state index contributed by atoms with van der Waals surface area (Å²) in [6.45, 7) is 0. The molecule has 17 heavy (non-hydrogen) atoms. The van der Waals surface area contributed by atoms with Gasteiger partial charge in [0.15, 0.2) is 0 Å². The smallest absolute Gasteiger partial charge is 0.421 e. The second-order valence-corrected chi connectivity index (χ2v) is 3.50. The Morgan fingerprint density at radius 3 is 2.82 bits per heavy atom. The van der Waals surface area contributed by atoms with E-state index < -0.39 is 16.9 Å². The highest BCUT2D eigenvalue weighted by molar-refractivity contribution is 6.29. The van der Waals surface area contributed by atoms with Crippen molar-refractivity contribution in [2.75, 3.05) is 7.11 Å². The highest BCUT2D eigenvalue weighted by Crippen LogP contribution is 2.21. The number of hydrogen-bond donors (Lipinski definition) is 1. The van der Waals surface area contributed by atoms with Gasteiger partial charge in [-0.25, -0.2) is 9.78 Å². The third-order valence-electron chi connectivity index (χ3n) is 2.23. The van der Waals surface area contributed by atoms with E-state index in [-0.39, 0.29) is 16.7 Å². The van der Waals surface area contributed by atoms with Crippen molar-refractivity contribution >= 4 is 28.6 Å². The SMILES string of the molecule is COc1cccc2nc(Cl)n(C(=O)O)c(=O)c12. The summed E-state index contributed by atoms with van der Waals surface area (Å²) >= 11 is 5.63. The molecule has 0 amide bonds. The Labute approximate surface area is 100 Å². The van der Waals surface area contributed by atoms with Crippen LogP contribution in [0.5, 0.6) is 5.75 Å². The van der Waals surface area contributed by atoms with Crippen LogP contribution in [-0.4, -0.2) is 27.9 Å². The number of methoxy groups -OCH3 is 1. The van der Waals surface area contributed by atoms with Crippen LogP contribution in [0.15, 0.2) is 23.0 Å². The molecule has 0 atom stereocenters. The molecule has 0 spiro atoms. The third-order valence-corrected chi connectivity index (χ3v) is 2.48. The molecule has 88 valence electrons. The molecule has 1 aromatic carbocycles. The van der Waals surface area contributed by atoms with Gasteiger partial charge in [0.25, 0.3) is 5.56 Å². The zero-order valence-electron chi connectivity index (χ0n) is 8.68. The predicted octanol–water partition coefficient (Wildman–Crippen LogP) is 1.58. The largest absolute Gasteiger partial charge is 0.496 e. The van der Waals surface area contributed by atoms with Crippen LogP contribution in [-0.2, 0) is 0 Å². The summed E-state index contributed by atoms with van der Waals surface area (Å²) in [7, 11) is 1.38. The summed E-state index contributed by atoms with van der Waals surface area (Å²) in [4.78, 5) is 26.7. The maximum absolute atomic E-state index is 11.9. The van der Waals surface area contributed by atoms with Crippen molar-refractivity contribution in [1.82, 2.24) is 9.55 Å². The minimum Gasteiger partial charge on any atom is -0.496 e. The van der Waals surface area contributed by atoms with Gasteiger partial charge in [-0.1, -0.05) is 6.07 Å². The molecule has 1 aromatic heterocycles. The highest BCUT2D eigenvalue weighted by atomic mass is 35.5. The van der Waals surface area contributed by atoms with Crippen molar-refractivity contribution in [3.63, 3.8) is 0 Å². The van der Waals surface area contributed by atoms with Gasteiger partial charge >= 0.3 is 6.09 Å². The summed E-state index contributed by atoms with van der Waals surface area (Å²) in [6.07, 6.45) is -1.49. The summed E-state index contributed by atoms with van der Waals surface area (Å²) in [5, 5.41) is 8.55. The monoisotopic (exact) mass is 254 g/mol. The van der Waals surface area contributed by atoms with Crippen molar-refractivity contribution in [3.05, 3.63) is 33.8 Å². The summed E-state index contributed by atoms with van der Waals surface area (Å²) < 4.78 is 5.36. The van der Waals surface area contributed by atoms with Crippen LogP contribution < -0.4 is 10.3 Å². The number of ether oxygens (including phenoxy) is 1. The number of halogens is 1. The quantitative estimate of drug-likeness (QED) is 0.782. The fourth-order valence-electron chi connectivity index (χ4n) is 1.51. The molecule has 2 rings (SSSR count). The van der Waals surface area contributed by atoms with Crippen LogP contribution in [0.4, 0.5) is 4.79 Å². The normalized spacial score (nSPS) is 10.5. The average molecular weight is 255 g/mol. The van der Waals surface area contributed by atoms with E-state index >= 15 is 0 Å². The first kappa shape index (κ1) is 11.4. The van der Waals surface area contributed by atoms with Gasteiger partial charge in [-0.2, -0.15) is 4.57 Å². The fraction of sp³-hybridized carbons (Fsp3) is 0.100. The van der Waals surface area contributed by atoms with E-state index in [1.165, 1.54) is 7.11 Å². The second kappa shape index (κ2) is 4.06. The van der Waals surface area contributed by atoms with Crippen molar-refractivity contribution in [2.24, 2.45) is 0 Å². The number of nitrogens with zero attached hydrogens (tertiary/aromatic N) is 2. The van der Waals surface area contributed by atoms with Crippen LogP contribution in [0.25, 0.3) is 10.9 Å². The molecule has 0 saturated carbocycles. The predicted molar refractivity (Wildman–Crippen MR) is 61.0 cm³/mol. The van der Waals surface area contributed by atoms with Crippen LogP contribution in [0.3, 0.4) is 0 Å². The Bertz CT molecular complexity index is 665. The lowest BCUT2D eigenvalue weighted by atomic mass is 10.2. The number of rotatable bonds is 1. The van der Waals surface area contributed by atoms with Gasteiger partial charge in [-0.05, 0) is 23.7 Å². The standard InChI is InChI=1S/C10H7ClN2O4/c1-17-6-4-2-3-5-7(6)8(14)13(10(15)16)9(11)12-5/h2-4H,1H3,(H,15,16). The molecule has 2 aromatic rings. The van der Waals surface area contributed by atoms with Crippen LogP contribution in [0.2, 0.25) is 5.28 Å². The highest BCUT2D eigenvalue weighted by Gasteiger charge is 2.17. The molecule has 1 heterocycles. The summed E-state index contributed by atoms with van der Waals surface area (Å²) in [5.41, 5.74) is -0.484. The molecule has 0 radical (unpaired) electrons. The number of carbonyl (C=O) groups is 1. The maximum atomic E-state index is 11.9. The molecule has 0 aliphatic carbocycles. The molecule has 0 aliphatic rings. The van der Waals surface area contributed by atoms with Crippen LogP contribution >= 0.6 is 11.6 Å². The topological polar surface area (TPSA) is 81.4 Å². The lowest BCUT2D eigenvalue weighted by molar-refractivity contribution is 0.195. The van der Waals surface area contributed by atoms with E-state index in [2.05, 4.69) is 4.98 Å². The number of carboxylic acid groups (broad SMARTS) is 1. The van der Waals surface area contributed by atoms with Crippen LogP contribution in [0, 0.1) is 0 Å². The molecule has 0 unspecified atom stereocenters. The van der Waals surface area contributed by atoms with E-state index in [9.17, 15) is 9.59 Å². The number of fused-ring (bicyclic) bond motifs is 1. The molecule has 7 heteroatoms. The Hall–Kier alpha value is -2.08. The van der Waals surface area contributed by atoms with Gasteiger partial charge in [0.05, 0.1) is 12.6 Å². The fourth-order valence-corrected chi connectivity index (χ4v) is 1.75. The molecular weight excluding hydrogens is 248 g/mol. The Kier molecular flexibility index (Phi) is 2.72. The van der Waals surface area contributed by atoms with E-state index in [0.29, 0.717) is 4.57 Å². The van der Waals surface area contributed by atoms with E-state index in [1.807, 2.05) is 0 Å². The molecule has 0 fully saturated rings. The van der Waals surface area contributed by atoms with Crippen molar-refractivity contribution in [2.45, 2.75) is 0 Å². The molecule has 1 N–H and O–H groups in total. The molecule has 0 aliphatic heterocycles. The van der Waals surface area contributed by atoms with E-state index in [0.717, 1.165) is 0 Å². The van der Waals surface area contributed by atoms with Crippen LogP contribution in [0.1, 0.15) is 0 Å². The zero-order valence-corrected chi connectivity index (χ0v) is 9.43. The van der Waals surface area contributed by atoms with Crippen molar-refractivity contribution < 1.29 is 14.6 Å². The molecule has 0 bridgehead atoms. The van der Waals surface area contributed by atoms with Crippen molar-refractivity contribution in [3.8, 4) is 5.75 Å². The molecule has 6 nitrogen and oxygen atoms in total. The first-order valence-corrected chi connectivity index (χ1v) is 4.92. The number of hydrogen-bond acceptors (Lipinski definition) is 4. The van der Waals surface area contributed by atoms with Crippen molar-refractivity contribution in [1.29, 1.82) is 0 Å². The Morgan fingerprint density at radius 1 is 1.53 bits per heavy atom. The minimum absolute atomic E-state index is 0.0850. The van der Waals surface area contributed by atoms with E-state index in [1.54, 1.807) is 18.2 Å².